The summed E-state index contributed by atoms with van der Waals surface area (Å²) in [6.45, 7) is 4.35. The zero-order valence-corrected chi connectivity index (χ0v) is 9.44. The molecule has 0 aliphatic heterocycles. The Morgan fingerprint density at radius 1 is 1.53 bits per heavy atom. The van der Waals surface area contributed by atoms with E-state index in [4.69, 9.17) is 10.3 Å². The highest BCUT2D eigenvalue weighted by atomic mass is 16.5. The summed E-state index contributed by atoms with van der Waals surface area (Å²) in [6.07, 6.45) is 4.40. The van der Waals surface area contributed by atoms with Crippen molar-refractivity contribution in [2.45, 2.75) is 45.6 Å². The van der Waals surface area contributed by atoms with Crippen molar-refractivity contribution >= 4 is 0 Å². The van der Waals surface area contributed by atoms with Crippen LogP contribution in [0.1, 0.15) is 50.9 Å². The summed E-state index contributed by atoms with van der Waals surface area (Å²) in [7, 11) is 0. The second kappa shape index (κ2) is 4.31. The van der Waals surface area contributed by atoms with Crippen LogP contribution in [-0.2, 0) is 6.42 Å². The molecule has 1 aliphatic carbocycles. The zero-order chi connectivity index (χ0) is 10.8. The monoisotopic (exact) mass is 209 g/mol. The highest BCUT2D eigenvalue weighted by molar-refractivity contribution is 5.00. The van der Waals surface area contributed by atoms with Crippen molar-refractivity contribution in [1.82, 2.24) is 10.1 Å². The number of aromatic nitrogens is 2. The summed E-state index contributed by atoms with van der Waals surface area (Å²) in [5.41, 5.74) is 5.99. The maximum atomic E-state index is 5.99. The van der Waals surface area contributed by atoms with Crippen LogP contribution in [0.3, 0.4) is 0 Å². The van der Waals surface area contributed by atoms with Crippen LogP contribution in [0.4, 0.5) is 0 Å². The maximum absolute atomic E-state index is 5.99. The van der Waals surface area contributed by atoms with Crippen molar-refractivity contribution in [2.24, 2.45) is 17.6 Å². The summed E-state index contributed by atoms with van der Waals surface area (Å²) in [6, 6.07) is -0.0144. The van der Waals surface area contributed by atoms with E-state index in [-0.39, 0.29) is 6.04 Å². The average Bonchev–Trinajstić information content (AvgIpc) is 2.98. The summed E-state index contributed by atoms with van der Waals surface area (Å²) >= 11 is 0. The van der Waals surface area contributed by atoms with Crippen LogP contribution >= 0.6 is 0 Å². The molecule has 1 heterocycles. The van der Waals surface area contributed by atoms with E-state index in [9.17, 15) is 0 Å². The van der Waals surface area contributed by atoms with E-state index in [1.807, 2.05) is 0 Å². The second-order valence-electron chi connectivity index (χ2n) is 4.63. The van der Waals surface area contributed by atoms with Crippen LogP contribution in [0.5, 0.6) is 0 Å². The average molecular weight is 209 g/mol. The van der Waals surface area contributed by atoms with Gasteiger partial charge in [0.05, 0.1) is 6.04 Å². The third kappa shape index (κ3) is 2.56. The summed E-state index contributed by atoms with van der Waals surface area (Å²) < 4.78 is 5.20. The van der Waals surface area contributed by atoms with Crippen LogP contribution in [0.25, 0.3) is 0 Å². The summed E-state index contributed by atoms with van der Waals surface area (Å²) in [4.78, 5) is 4.36. The lowest BCUT2D eigenvalue weighted by atomic mass is 10.1. The van der Waals surface area contributed by atoms with Crippen LogP contribution in [-0.4, -0.2) is 10.1 Å². The Labute approximate surface area is 90.2 Å². The first-order valence-corrected chi connectivity index (χ1v) is 5.78. The molecule has 4 heteroatoms. The Balaban J connectivity index is 1.96. The first kappa shape index (κ1) is 10.6. The first-order chi connectivity index (χ1) is 7.20. The predicted octanol–water partition coefficient (Wildman–Crippen LogP) is 2.07. The number of nitrogens with zero attached hydrogens (tertiary/aromatic N) is 2. The predicted molar refractivity (Wildman–Crippen MR) is 57.1 cm³/mol. The molecule has 0 saturated heterocycles. The molecule has 1 saturated carbocycles. The van der Waals surface area contributed by atoms with Gasteiger partial charge in [-0.1, -0.05) is 25.4 Å². The second-order valence-corrected chi connectivity index (χ2v) is 4.63. The standard InChI is InChI=1S/C11H19N3O/c1-3-7(2)6-9-13-11(14-15-9)10(12)8-4-5-8/h7-8,10H,3-6,12H2,1-2H3. The number of nitrogens with two attached hydrogens (primary N) is 1. The lowest BCUT2D eigenvalue weighted by molar-refractivity contribution is 0.348. The minimum Gasteiger partial charge on any atom is -0.339 e. The molecule has 0 spiro atoms. The topological polar surface area (TPSA) is 64.9 Å². The first-order valence-electron chi connectivity index (χ1n) is 5.78. The molecule has 2 N–H and O–H groups in total. The number of hydrogen-bond donors (Lipinski definition) is 1. The molecule has 15 heavy (non-hydrogen) atoms. The molecule has 0 radical (unpaired) electrons. The van der Waals surface area contributed by atoms with Gasteiger partial charge in [0, 0.05) is 6.42 Å². The van der Waals surface area contributed by atoms with Gasteiger partial charge in [-0.15, -0.1) is 0 Å². The van der Waals surface area contributed by atoms with Gasteiger partial charge in [-0.2, -0.15) is 4.98 Å². The minimum atomic E-state index is -0.0144. The van der Waals surface area contributed by atoms with E-state index < -0.39 is 0 Å². The molecule has 0 aromatic carbocycles. The molecule has 2 unspecified atom stereocenters. The number of hydrogen-bond acceptors (Lipinski definition) is 4. The van der Waals surface area contributed by atoms with E-state index in [0.717, 1.165) is 18.7 Å². The van der Waals surface area contributed by atoms with E-state index in [0.29, 0.717) is 17.7 Å². The van der Waals surface area contributed by atoms with Crippen LogP contribution < -0.4 is 5.73 Å². The van der Waals surface area contributed by atoms with E-state index in [1.54, 1.807) is 0 Å². The van der Waals surface area contributed by atoms with Crippen LogP contribution in [0, 0.1) is 11.8 Å². The van der Waals surface area contributed by atoms with Crippen molar-refractivity contribution in [3.05, 3.63) is 11.7 Å². The van der Waals surface area contributed by atoms with Gasteiger partial charge in [0.1, 0.15) is 0 Å². The Kier molecular flexibility index (Phi) is 3.05. The fraction of sp³-hybridized carbons (Fsp3) is 0.818. The SMILES string of the molecule is CCC(C)Cc1nc(C(N)C2CC2)no1. The van der Waals surface area contributed by atoms with Gasteiger partial charge in [-0.05, 0) is 24.7 Å². The zero-order valence-electron chi connectivity index (χ0n) is 9.44. The molecule has 2 atom stereocenters. The highest BCUT2D eigenvalue weighted by Crippen LogP contribution is 2.38. The van der Waals surface area contributed by atoms with Crippen LogP contribution in [0.15, 0.2) is 4.52 Å². The van der Waals surface area contributed by atoms with Gasteiger partial charge in [-0.3, -0.25) is 0 Å². The molecule has 0 bridgehead atoms. The van der Waals surface area contributed by atoms with Gasteiger partial charge in [0.15, 0.2) is 5.82 Å². The van der Waals surface area contributed by atoms with Gasteiger partial charge in [0.2, 0.25) is 5.89 Å². The lowest BCUT2D eigenvalue weighted by Crippen LogP contribution is -2.14. The molecular formula is C11H19N3O. The summed E-state index contributed by atoms with van der Waals surface area (Å²) in [5.74, 6) is 2.60. The molecule has 0 amide bonds. The molecule has 1 fully saturated rings. The minimum absolute atomic E-state index is 0.0144. The molecule has 1 aromatic rings. The van der Waals surface area contributed by atoms with Gasteiger partial charge in [-0.25, -0.2) is 0 Å². The van der Waals surface area contributed by atoms with Crippen molar-refractivity contribution < 1.29 is 4.52 Å². The Hall–Kier alpha value is -0.900. The van der Waals surface area contributed by atoms with Crippen molar-refractivity contribution in [2.75, 3.05) is 0 Å². The van der Waals surface area contributed by atoms with Gasteiger partial charge < -0.3 is 10.3 Å². The smallest absolute Gasteiger partial charge is 0.226 e. The molecule has 1 aliphatic rings. The molecule has 2 rings (SSSR count). The fourth-order valence-electron chi connectivity index (χ4n) is 1.59. The van der Waals surface area contributed by atoms with E-state index in [1.165, 1.54) is 12.8 Å². The normalized spacial score (nSPS) is 20.2. The molecule has 4 nitrogen and oxygen atoms in total. The van der Waals surface area contributed by atoms with Crippen molar-refractivity contribution in [3.8, 4) is 0 Å². The third-order valence-corrected chi connectivity index (χ3v) is 3.13. The van der Waals surface area contributed by atoms with Crippen molar-refractivity contribution in [1.29, 1.82) is 0 Å². The van der Waals surface area contributed by atoms with E-state index in [2.05, 4.69) is 24.0 Å². The highest BCUT2D eigenvalue weighted by Gasteiger charge is 2.32. The maximum Gasteiger partial charge on any atom is 0.226 e. The largest absolute Gasteiger partial charge is 0.339 e. The Bertz CT molecular complexity index is 319. The van der Waals surface area contributed by atoms with Gasteiger partial charge >= 0.3 is 0 Å². The van der Waals surface area contributed by atoms with E-state index >= 15 is 0 Å². The third-order valence-electron chi connectivity index (χ3n) is 3.13. The molecule has 84 valence electrons. The lowest BCUT2D eigenvalue weighted by Gasteiger charge is -2.03. The Morgan fingerprint density at radius 2 is 2.27 bits per heavy atom. The number of rotatable bonds is 5. The molecule has 1 aromatic heterocycles. The van der Waals surface area contributed by atoms with Gasteiger partial charge in [0.25, 0.3) is 0 Å². The quantitative estimate of drug-likeness (QED) is 0.806. The Morgan fingerprint density at radius 3 is 2.87 bits per heavy atom. The van der Waals surface area contributed by atoms with Crippen molar-refractivity contribution in [3.63, 3.8) is 0 Å². The van der Waals surface area contributed by atoms with Crippen LogP contribution in [0.2, 0.25) is 0 Å². The summed E-state index contributed by atoms with van der Waals surface area (Å²) in [5, 5.41) is 3.95. The molecular weight excluding hydrogens is 190 g/mol. The fourth-order valence-corrected chi connectivity index (χ4v) is 1.59.